The number of tetrazole rings is 1. The smallest absolute Gasteiger partial charge is 0.407 e. The number of primary amides is 1. The average Bonchev–Trinajstić information content (AvgIpc) is 3.75. The summed E-state index contributed by atoms with van der Waals surface area (Å²) in [5.41, 5.74) is 10.8. The molecule has 1 fully saturated rings. The summed E-state index contributed by atoms with van der Waals surface area (Å²) in [6.45, 7) is 5.92. The molecule has 0 saturated heterocycles. The molecule has 2 heterocycles. The first-order valence-electron chi connectivity index (χ1n) is 17.1. The lowest BCUT2D eigenvalue weighted by Crippen LogP contribution is -2.52. The van der Waals surface area contributed by atoms with Gasteiger partial charge in [0.2, 0.25) is 17.6 Å². The molecule has 3 amide bonds. The fourth-order valence-corrected chi connectivity index (χ4v) is 6.65. The van der Waals surface area contributed by atoms with Crippen LogP contribution in [0.5, 0.6) is 0 Å². The van der Waals surface area contributed by atoms with Crippen LogP contribution in [0.3, 0.4) is 0 Å². The Hall–Kier alpha value is -5.79. The normalized spacial score (nSPS) is 16.8. The van der Waals surface area contributed by atoms with E-state index in [-0.39, 0.29) is 29.9 Å². The quantitative estimate of drug-likeness (QED) is 0.164. The predicted molar refractivity (Wildman–Crippen MR) is 192 cm³/mol. The van der Waals surface area contributed by atoms with Crippen molar-refractivity contribution < 1.29 is 19.1 Å². The third-order valence-corrected chi connectivity index (χ3v) is 9.38. The van der Waals surface area contributed by atoms with Crippen LogP contribution in [0.15, 0.2) is 71.5 Å². The van der Waals surface area contributed by atoms with Crippen molar-refractivity contribution in [1.82, 2.24) is 35.5 Å². The van der Waals surface area contributed by atoms with Gasteiger partial charge in [0, 0.05) is 37.2 Å². The first-order valence-corrected chi connectivity index (χ1v) is 17.1. The topological polar surface area (TPSA) is 194 Å². The minimum absolute atomic E-state index is 0.174. The summed E-state index contributed by atoms with van der Waals surface area (Å²) in [6, 6.07) is 19.7. The van der Waals surface area contributed by atoms with E-state index in [1.807, 2.05) is 63.2 Å². The van der Waals surface area contributed by atoms with E-state index >= 15 is 0 Å². The van der Waals surface area contributed by atoms with Crippen LogP contribution in [0.25, 0.3) is 33.5 Å². The van der Waals surface area contributed by atoms with Crippen LogP contribution >= 0.6 is 0 Å². The molecule has 0 unspecified atom stereocenters. The number of rotatable bonds is 10. The average molecular weight is 694 g/mol. The van der Waals surface area contributed by atoms with Gasteiger partial charge in [0.15, 0.2) is 0 Å². The summed E-state index contributed by atoms with van der Waals surface area (Å²) < 4.78 is 6.94. The van der Waals surface area contributed by atoms with Crippen LogP contribution in [-0.4, -0.2) is 66.3 Å². The molecule has 5 N–H and O–H groups in total. The lowest BCUT2D eigenvalue weighted by Gasteiger charge is -2.36. The fraction of sp³-hybridized carbons (Fsp3) is 0.378. The van der Waals surface area contributed by atoms with Crippen molar-refractivity contribution >= 4 is 34.6 Å². The van der Waals surface area contributed by atoms with Gasteiger partial charge in [-0.2, -0.15) is 5.21 Å². The number of nitrogens with two attached hydrogens (primary N) is 1. The molecule has 0 spiro atoms. The second kappa shape index (κ2) is 14.6. The lowest BCUT2D eigenvalue weighted by molar-refractivity contribution is -0.127. The van der Waals surface area contributed by atoms with Gasteiger partial charge in [-0.15, -0.1) is 10.2 Å². The Morgan fingerprint density at radius 2 is 1.65 bits per heavy atom. The number of hydrogen-bond donors (Lipinski definition) is 4. The van der Waals surface area contributed by atoms with Gasteiger partial charge in [0.05, 0.1) is 11.0 Å². The second-order valence-electron chi connectivity index (χ2n) is 14.1. The molecule has 51 heavy (non-hydrogen) atoms. The number of hydrogen-bond acceptors (Lipinski definition) is 8. The first-order chi connectivity index (χ1) is 24.4. The zero-order valence-corrected chi connectivity index (χ0v) is 29.2. The highest BCUT2D eigenvalue weighted by atomic mass is 16.6. The summed E-state index contributed by atoms with van der Waals surface area (Å²) in [6.07, 6.45) is 2.43. The van der Waals surface area contributed by atoms with Gasteiger partial charge in [-0.1, -0.05) is 30.3 Å². The Balaban J connectivity index is 1.21. The molecule has 5 aromatic rings. The van der Waals surface area contributed by atoms with Crippen LogP contribution in [0.4, 0.5) is 10.5 Å². The second-order valence-corrected chi connectivity index (χ2v) is 14.1. The molecule has 14 nitrogen and oxygen atoms in total. The standard InChI is InChI=1S/C37H43N9O5/c1-37(2,3)51-36(50)39-21-23-7-11-26(12-8-23)34(48)46(28-16-13-25(14-17-28)33-41-43-44-42-33)31(32(38)47)19-22-5-9-24(10-6-22)27-15-18-29-30(20-27)45(4)35(49)40-29/h5-6,9-10,13-18,20,23,26,31H,7-8,11-12,19,21H2,1-4H3,(H2,38,47)(H,39,50)(H,40,49)(H,41,42,43,44)/t23-,26-,31-/m0/s1. The Kier molecular flexibility index (Phi) is 10.0. The molecule has 1 aliphatic rings. The monoisotopic (exact) mass is 693 g/mol. The number of ether oxygens (including phenoxy) is 1. The highest BCUT2D eigenvalue weighted by molar-refractivity contribution is 6.02. The molecule has 14 heteroatoms. The molecule has 266 valence electrons. The maximum absolute atomic E-state index is 14.4. The van der Waals surface area contributed by atoms with Gasteiger partial charge in [0.1, 0.15) is 11.6 Å². The molecular formula is C37H43N9O5. The molecule has 0 bridgehead atoms. The summed E-state index contributed by atoms with van der Waals surface area (Å²) >= 11 is 0. The number of anilines is 1. The van der Waals surface area contributed by atoms with Crippen LogP contribution < -0.4 is 21.6 Å². The lowest BCUT2D eigenvalue weighted by atomic mass is 9.81. The first kappa shape index (κ1) is 35.1. The van der Waals surface area contributed by atoms with Gasteiger partial charge in [-0.05, 0) is 111 Å². The van der Waals surface area contributed by atoms with Gasteiger partial charge < -0.3 is 20.8 Å². The molecule has 0 aliphatic heterocycles. The van der Waals surface area contributed by atoms with Crippen molar-refractivity contribution in [3.05, 3.63) is 82.8 Å². The number of alkyl carbamates (subject to hydrolysis) is 1. The number of fused-ring (bicyclic) bond motifs is 1. The molecule has 1 aliphatic carbocycles. The summed E-state index contributed by atoms with van der Waals surface area (Å²) in [7, 11) is 1.72. The van der Waals surface area contributed by atoms with Crippen molar-refractivity contribution in [3.63, 3.8) is 0 Å². The fourth-order valence-electron chi connectivity index (χ4n) is 6.65. The Morgan fingerprint density at radius 3 is 2.27 bits per heavy atom. The third kappa shape index (κ3) is 8.17. The largest absolute Gasteiger partial charge is 0.444 e. The Morgan fingerprint density at radius 1 is 0.980 bits per heavy atom. The van der Waals surface area contributed by atoms with Crippen molar-refractivity contribution in [2.45, 2.75) is 64.5 Å². The molecule has 1 atom stereocenters. The maximum Gasteiger partial charge on any atom is 0.407 e. The number of H-pyrrole nitrogens is 2. The number of carbonyl (C=O) groups excluding carboxylic acids is 3. The number of aromatic nitrogens is 6. The summed E-state index contributed by atoms with van der Waals surface area (Å²) in [4.78, 5) is 56.3. The van der Waals surface area contributed by atoms with Gasteiger partial charge >= 0.3 is 11.8 Å². The van der Waals surface area contributed by atoms with Crippen molar-refractivity contribution in [3.8, 4) is 22.5 Å². The zero-order valence-electron chi connectivity index (χ0n) is 29.2. The molecule has 3 aromatic carbocycles. The van der Waals surface area contributed by atoms with Crippen LogP contribution in [0, 0.1) is 11.8 Å². The SMILES string of the molecule is Cn1c(=O)[nH]c2ccc(-c3ccc(C[C@@H](C(N)=O)N(c4ccc(-c5nn[nH]n5)cc4)C(=O)[C@H]4CC[C@H](CNC(=O)OC(C)(C)C)CC4)cc3)cc21. The van der Waals surface area contributed by atoms with E-state index in [1.165, 1.54) is 0 Å². The number of benzene rings is 3. The van der Waals surface area contributed by atoms with Gasteiger partial charge in [0.25, 0.3) is 0 Å². The van der Waals surface area contributed by atoms with Crippen LogP contribution in [-0.2, 0) is 27.8 Å². The van der Waals surface area contributed by atoms with Gasteiger partial charge in [-0.25, -0.2) is 9.59 Å². The molecular weight excluding hydrogens is 650 g/mol. The number of imidazole rings is 1. The Labute approximate surface area is 294 Å². The minimum Gasteiger partial charge on any atom is -0.444 e. The van der Waals surface area contributed by atoms with E-state index in [0.717, 1.165) is 40.6 Å². The highest BCUT2D eigenvalue weighted by Crippen LogP contribution is 2.33. The van der Waals surface area contributed by atoms with Crippen LogP contribution in [0.1, 0.15) is 52.0 Å². The number of aromatic amines is 2. The maximum atomic E-state index is 14.4. The number of nitrogens with one attached hydrogen (secondary N) is 3. The molecule has 2 aromatic heterocycles. The number of amides is 3. The van der Waals surface area contributed by atoms with E-state index in [1.54, 1.807) is 40.8 Å². The van der Waals surface area contributed by atoms with E-state index in [4.69, 9.17) is 10.5 Å². The summed E-state index contributed by atoms with van der Waals surface area (Å²) in [5.74, 6) is -0.515. The number of nitrogens with zero attached hydrogens (tertiary/aromatic N) is 5. The van der Waals surface area contributed by atoms with E-state index in [2.05, 4.69) is 30.9 Å². The molecule has 6 rings (SSSR count). The molecule has 0 radical (unpaired) electrons. The van der Waals surface area contributed by atoms with Crippen molar-refractivity contribution in [1.29, 1.82) is 0 Å². The predicted octanol–water partition coefficient (Wildman–Crippen LogP) is 4.47. The van der Waals surface area contributed by atoms with E-state index < -0.39 is 23.6 Å². The zero-order chi connectivity index (χ0) is 36.3. The highest BCUT2D eigenvalue weighted by Gasteiger charge is 2.36. The van der Waals surface area contributed by atoms with Crippen molar-refractivity contribution in [2.75, 3.05) is 11.4 Å². The minimum atomic E-state index is -0.961. The van der Waals surface area contributed by atoms with E-state index in [9.17, 15) is 19.2 Å². The number of aryl methyl sites for hydroxylation is 1. The van der Waals surface area contributed by atoms with Crippen LogP contribution in [0.2, 0.25) is 0 Å². The molecule has 1 saturated carbocycles. The Bertz CT molecular complexity index is 2050. The van der Waals surface area contributed by atoms with Crippen molar-refractivity contribution in [2.24, 2.45) is 24.6 Å². The van der Waals surface area contributed by atoms with E-state index in [0.29, 0.717) is 36.5 Å². The summed E-state index contributed by atoms with van der Waals surface area (Å²) in [5, 5.41) is 17.0. The third-order valence-electron chi connectivity index (χ3n) is 9.38. The number of carbonyl (C=O) groups is 3. The van der Waals surface area contributed by atoms with Gasteiger partial charge in [-0.3, -0.25) is 19.1 Å².